The van der Waals surface area contributed by atoms with E-state index in [9.17, 15) is 9.18 Å². The Bertz CT molecular complexity index is 602. The highest BCUT2D eigenvalue weighted by Gasteiger charge is 2.16. The zero-order chi connectivity index (χ0) is 13.3. The summed E-state index contributed by atoms with van der Waals surface area (Å²) in [4.78, 5) is 21.0. The van der Waals surface area contributed by atoms with E-state index in [-0.39, 0.29) is 3.91 Å². The van der Waals surface area contributed by atoms with Crippen LogP contribution in [0, 0.1) is 12.7 Å². The molecular weight excluding hydrogens is 368 g/mol. The van der Waals surface area contributed by atoms with Crippen molar-refractivity contribution >= 4 is 42.8 Å². The molecule has 0 aliphatic rings. The summed E-state index contributed by atoms with van der Waals surface area (Å²) in [6.45, 7) is 1.82. The molecule has 2 heterocycles. The van der Waals surface area contributed by atoms with Crippen LogP contribution in [0.1, 0.15) is 5.69 Å². The van der Waals surface area contributed by atoms with E-state index in [0.717, 1.165) is 16.9 Å². The molecule has 0 atom stereocenters. The molecule has 0 fully saturated rings. The monoisotopic (exact) mass is 377 g/mol. The number of aromatic nitrogens is 2. The molecule has 2 aromatic heterocycles. The molecule has 0 saturated heterocycles. The lowest BCUT2D eigenvalue weighted by Gasteiger charge is -2.10. The smallest absolute Gasteiger partial charge is 0.287 e. The van der Waals surface area contributed by atoms with Crippen LogP contribution in [0.4, 0.5) is 14.2 Å². The molecule has 4 nitrogen and oxygen atoms in total. The van der Waals surface area contributed by atoms with Crippen LogP contribution in [0.25, 0.3) is 10.6 Å². The summed E-state index contributed by atoms with van der Waals surface area (Å²) < 4.78 is 13.0. The maximum Gasteiger partial charge on any atom is 0.287 e. The van der Waals surface area contributed by atoms with E-state index in [2.05, 4.69) is 9.97 Å². The van der Waals surface area contributed by atoms with Gasteiger partial charge in [0.15, 0.2) is 0 Å². The molecule has 7 heteroatoms. The zero-order valence-corrected chi connectivity index (χ0v) is 12.6. The van der Waals surface area contributed by atoms with Crippen molar-refractivity contribution in [2.75, 3.05) is 11.9 Å². The molecule has 0 unspecified atom stereocenters. The number of carbonyl (C=O) groups is 1. The second-order valence-corrected chi connectivity index (χ2v) is 5.51. The summed E-state index contributed by atoms with van der Waals surface area (Å²) in [6.07, 6.45) is 2.70. The zero-order valence-electron chi connectivity index (χ0n) is 9.65. The first-order chi connectivity index (χ1) is 8.49. The highest BCUT2D eigenvalue weighted by molar-refractivity contribution is 14.1. The fourth-order valence-corrected chi connectivity index (χ4v) is 2.84. The minimum Gasteiger partial charge on any atom is -0.297 e. The molecule has 0 radical (unpaired) electrons. The van der Waals surface area contributed by atoms with Crippen LogP contribution in [0.2, 0.25) is 0 Å². The molecule has 94 valence electrons. The molecule has 2 rings (SSSR count). The van der Waals surface area contributed by atoms with Crippen LogP contribution >= 0.6 is 33.9 Å². The second-order valence-electron chi connectivity index (χ2n) is 3.61. The lowest BCUT2D eigenvalue weighted by Crippen LogP contribution is -2.18. The normalized spacial score (nSPS) is 10.4. The van der Waals surface area contributed by atoms with Gasteiger partial charge < -0.3 is 0 Å². The largest absolute Gasteiger partial charge is 0.297 e. The Morgan fingerprint density at radius 1 is 1.50 bits per heavy atom. The van der Waals surface area contributed by atoms with E-state index in [1.54, 1.807) is 35.8 Å². The summed E-state index contributed by atoms with van der Waals surface area (Å²) >= 11 is 3.05. The van der Waals surface area contributed by atoms with Gasteiger partial charge in [-0.05, 0) is 13.0 Å². The van der Waals surface area contributed by atoms with Crippen molar-refractivity contribution in [1.29, 1.82) is 0 Å². The van der Waals surface area contributed by atoms with E-state index in [1.807, 2.05) is 6.92 Å². The first-order valence-corrected chi connectivity index (χ1v) is 6.90. The van der Waals surface area contributed by atoms with Crippen molar-refractivity contribution in [2.45, 2.75) is 6.92 Å². The Labute approximate surface area is 121 Å². The van der Waals surface area contributed by atoms with E-state index in [0.29, 0.717) is 10.6 Å². The number of rotatable bonds is 2. The summed E-state index contributed by atoms with van der Waals surface area (Å²) in [5.41, 5.74) is 1.36. The number of thiazole rings is 1. The number of pyridine rings is 1. The average Bonchev–Trinajstić information content (AvgIpc) is 2.70. The molecule has 0 N–H and O–H groups in total. The van der Waals surface area contributed by atoms with Crippen LogP contribution in [-0.4, -0.2) is 20.9 Å². The van der Waals surface area contributed by atoms with E-state index >= 15 is 0 Å². The third-order valence-corrected chi connectivity index (χ3v) is 4.30. The van der Waals surface area contributed by atoms with Gasteiger partial charge in [0, 0.05) is 41.4 Å². The highest BCUT2D eigenvalue weighted by atomic mass is 127. The minimum atomic E-state index is -0.403. The Morgan fingerprint density at radius 2 is 2.22 bits per heavy atom. The van der Waals surface area contributed by atoms with Gasteiger partial charge in [0.2, 0.25) is 0 Å². The number of nitrogens with zero attached hydrogens (tertiary/aromatic N) is 3. The fourth-order valence-electron chi connectivity index (χ4n) is 1.43. The van der Waals surface area contributed by atoms with Crippen molar-refractivity contribution in [3.05, 3.63) is 30.0 Å². The molecule has 0 aliphatic carbocycles. The maximum absolute atomic E-state index is 13.1. The molecular formula is C11H9FIN3OS. The maximum atomic E-state index is 13.1. The van der Waals surface area contributed by atoms with Gasteiger partial charge in [0.25, 0.3) is 3.91 Å². The number of amides is 1. The van der Waals surface area contributed by atoms with E-state index in [1.165, 1.54) is 22.3 Å². The minimum absolute atomic E-state index is 0.0942. The second kappa shape index (κ2) is 5.27. The lowest BCUT2D eigenvalue weighted by atomic mass is 10.3. The van der Waals surface area contributed by atoms with Crippen LogP contribution in [0.3, 0.4) is 0 Å². The van der Waals surface area contributed by atoms with Crippen molar-refractivity contribution < 1.29 is 9.18 Å². The number of anilines is 1. The predicted molar refractivity (Wildman–Crippen MR) is 77.9 cm³/mol. The molecule has 1 amide bonds. The summed E-state index contributed by atoms with van der Waals surface area (Å²) in [5.74, 6) is -0.403. The molecule has 18 heavy (non-hydrogen) atoms. The molecule has 0 aliphatic heterocycles. The molecule has 0 saturated carbocycles. The number of carbonyl (C=O) groups excluding carboxylic acids is 1. The van der Waals surface area contributed by atoms with Crippen molar-refractivity contribution in [1.82, 2.24) is 9.97 Å². The molecule has 0 spiro atoms. The van der Waals surface area contributed by atoms with Crippen LogP contribution in [0.15, 0.2) is 18.5 Å². The first-order valence-electron chi connectivity index (χ1n) is 5.00. The van der Waals surface area contributed by atoms with Gasteiger partial charge in [-0.15, -0.1) is 0 Å². The summed E-state index contributed by atoms with van der Waals surface area (Å²) in [7, 11) is 1.68. The standard InChI is InChI=1S/C11H9FIN3OS/c1-6-10(16(2)11(13)17)18-9(15-6)7-3-8(12)5-14-4-7/h3-5H,1-2H3. The van der Waals surface area contributed by atoms with Gasteiger partial charge in [-0.1, -0.05) is 11.3 Å². The molecule has 2 aromatic rings. The number of hydrogen-bond donors (Lipinski definition) is 0. The van der Waals surface area contributed by atoms with Gasteiger partial charge >= 0.3 is 0 Å². The summed E-state index contributed by atoms with van der Waals surface area (Å²) in [6, 6.07) is 1.38. The van der Waals surface area contributed by atoms with Gasteiger partial charge in [-0.2, -0.15) is 0 Å². The van der Waals surface area contributed by atoms with Crippen LogP contribution < -0.4 is 4.90 Å². The highest BCUT2D eigenvalue weighted by Crippen LogP contribution is 2.34. The Hall–Kier alpha value is -1.09. The Morgan fingerprint density at radius 3 is 2.83 bits per heavy atom. The van der Waals surface area contributed by atoms with Crippen molar-refractivity contribution in [2.24, 2.45) is 0 Å². The molecule has 0 aromatic carbocycles. The van der Waals surface area contributed by atoms with Gasteiger partial charge in [-0.25, -0.2) is 9.37 Å². The lowest BCUT2D eigenvalue weighted by molar-refractivity contribution is 0.268. The van der Waals surface area contributed by atoms with E-state index in [4.69, 9.17) is 0 Å². The van der Waals surface area contributed by atoms with Crippen LogP contribution in [-0.2, 0) is 0 Å². The fraction of sp³-hybridized carbons (Fsp3) is 0.182. The van der Waals surface area contributed by atoms with Crippen molar-refractivity contribution in [3.8, 4) is 10.6 Å². The SMILES string of the molecule is Cc1nc(-c2cncc(F)c2)sc1N(C)C(=O)I. The number of halogens is 2. The Kier molecular flexibility index (Phi) is 3.91. The third kappa shape index (κ3) is 2.66. The number of aryl methyl sites for hydroxylation is 1. The van der Waals surface area contributed by atoms with E-state index < -0.39 is 5.82 Å². The van der Waals surface area contributed by atoms with Crippen LogP contribution in [0.5, 0.6) is 0 Å². The summed E-state index contributed by atoms with van der Waals surface area (Å²) in [5, 5.41) is 1.41. The average molecular weight is 377 g/mol. The first kappa shape index (κ1) is 13.3. The van der Waals surface area contributed by atoms with Gasteiger partial charge in [0.1, 0.15) is 15.8 Å². The topological polar surface area (TPSA) is 46.1 Å². The van der Waals surface area contributed by atoms with Gasteiger partial charge in [0.05, 0.1) is 11.9 Å². The Balaban J connectivity index is 2.43. The molecule has 0 bridgehead atoms. The van der Waals surface area contributed by atoms with Gasteiger partial charge in [-0.3, -0.25) is 14.7 Å². The number of hydrogen-bond acceptors (Lipinski definition) is 4. The quantitative estimate of drug-likeness (QED) is 0.456. The predicted octanol–water partition coefficient (Wildman–Crippen LogP) is 3.64. The third-order valence-electron chi connectivity index (χ3n) is 2.29. The van der Waals surface area contributed by atoms with Crippen molar-refractivity contribution in [3.63, 3.8) is 0 Å².